The van der Waals surface area contributed by atoms with Gasteiger partial charge in [-0.05, 0) is 30.9 Å². The Bertz CT molecular complexity index is 452. The molecule has 2 aliphatic rings. The first-order valence-electron chi connectivity index (χ1n) is 7.84. The zero-order valence-electron chi connectivity index (χ0n) is 12.4. The van der Waals surface area contributed by atoms with Gasteiger partial charge < -0.3 is 14.5 Å². The Morgan fingerprint density at radius 2 is 2.14 bits per heavy atom. The maximum atomic E-state index is 12.3. The number of hydrogen-bond donors (Lipinski definition) is 0. The van der Waals surface area contributed by atoms with Gasteiger partial charge in [-0.1, -0.05) is 6.07 Å². The van der Waals surface area contributed by atoms with Gasteiger partial charge in [-0.25, -0.2) is 4.98 Å². The monoisotopic (exact) mass is 289 g/mol. The summed E-state index contributed by atoms with van der Waals surface area (Å²) in [5.74, 6) is 1.71. The predicted molar refractivity (Wildman–Crippen MR) is 81.2 cm³/mol. The van der Waals surface area contributed by atoms with E-state index in [9.17, 15) is 4.79 Å². The lowest BCUT2D eigenvalue weighted by molar-refractivity contribution is -0.133. The van der Waals surface area contributed by atoms with Gasteiger partial charge in [0.15, 0.2) is 0 Å². The zero-order valence-corrected chi connectivity index (χ0v) is 12.4. The van der Waals surface area contributed by atoms with Crippen LogP contribution in [-0.2, 0) is 9.53 Å². The fourth-order valence-corrected chi connectivity index (χ4v) is 3.07. The van der Waals surface area contributed by atoms with Crippen molar-refractivity contribution in [2.45, 2.75) is 19.3 Å². The van der Waals surface area contributed by atoms with E-state index in [0.717, 1.165) is 58.1 Å². The molecule has 0 aromatic carbocycles. The van der Waals surface area contributed by atoms with Crippen LogP contribution in [0.5, 0.6) is 0 Å². The van der Waals surface area contributed by atoms with Crippen LogP contribution in [0, 0.1) is 5.92 Å². The molecule has 1 amide bonds. The van der Waals surface area contributed by atoms with E-state index >= 15 is 0 Å². The molecule has 1 atom stereocenters. The number of ether oxygens (including phenoxy) is 1. The molecule has 0 spiro atoms. The highest BCUT2D eigenvalue weighted by molar-refractivity contribution is 5.76. The molecular formula is C16H23N3O2. The average Bonchev–Trinajstić information content (AvgIpc) is 2.57. The van der Waals surface area contributed by atoms with Crippen molar-refractivity contribution in [3.8, 4) is 0 Å². The maximum absolute atomic E-state index is 12.3. The number of amides is 1. The Kier molecular flexibility index (Phi) is 4.70. The lowest BCUT2D eigenvalue weighted by Crippen LogP contribution is -2.49. The fourth-order valence-electron chi connectivity index (χ4n) is 3.07. The van der Waals surface area contributed by atoms with Gasteiger partial charge in [-0.3, -0.25) is 4.79 Å². The Morgan fingerprint density at radius 1 is 1.29 bits per heavy atom. The molecule has 0 radical (unpaired) electrons. The molecule has 3 rings (SSSR count). The second-order valence-corrected chi connectivity index (χ2v) is 5.84. The molecule has 0 bridgehead atoms. The van der Waals surface area contributed by atoms with Crippen molar-refractivity contribution in [2.75, 3.05) is 44.3 Å². The van der Waals surface area contributed by atoms with E-state index in [1.54, 1.807) is 0 Å². The molecule has 5 nitrogen and oxygen atoms in total. The summed E-state index contributed by atoms with van der Waals surface area (Å²) < 4.78 is 5.46. The smallest absolute Gasteiger partial charge is 0.223 e. The Labute approximate surface area is 125 Å². The summed E-state index contributed by atoms with van der Waals surface area (Å²) in [4.78, 5) is 21.0. The molecule has 0 N–H and O–H groups in total. The van der Waals surface area contributed by atoms with Crippen molar-refractivity contribution in [1.29, 1.82) is 0 Å². The summed E-state index contributed by atoms with van der Waals surface area (Å²) in [6.07, 6.45) is 4.67. The molecule has 1 aromatic heterocycles. The summed E-state index contributed by atoms with van der Waals surface area (Å²) in [6.45, 7) is 4.92. The summed E-state index contributed by atoms with van der Waals surface area (Å²) in [6, 6.07) is 5.95. The SMILES string of the molecule is O=C(C[C@@H]1CCCOC1)N1CCN(c2ccccn2)CC1. The average molecular weight is 289 g/mol. The number of piperazine rings is 1. The molecule has 21 heavy (non-hydrogen) atoms. The number of rotatable bonds is 3. The van der Waals surface area contributed by atoms with Gasteiger partial charge in [-0.2, -0.15) is 0 Å². The van der Waals surface area contributed by atoms with E-state index in [0.29, 0.717) is 12.3 Å². The molecule has 0 unspecified atom stereocenters. The van der Waals surface area contributed by atoms with E-state index in [1.165, 1.54) is 0 Å². The van der Waals surface area contributed by atoms with Crippen molar-refractivity contribution >= 4 is 11.7 Å². The summed E-state index contributed by atoms with van der Waals surface area (Å²) in [5, 5.41) is 0. The summed E-state index contributed by atoms with van der Waals surface area (Å²) >= 11 is 0. The van der Waals surface area contributed by atoms with E-state index in [-0.39, 0.29) is 5.91 Å². The third-order valence-corrected chi connectivity index (χ3v) is 4.32. The number of hydrogen-bond acceptors (Lipinski definition) is 4. The Hall–Kier alpha value is -1.62. The van der Waals surface area contributed by atoms with E-state index in [2.05, 4.69) is 9.88 Å². The minimum Gasteiger partial charge on any atom is -0.381 e. The van der Waals surface area contributed by atoms with Crippen molar-refractivity contribution in [3.63, 3.8) is 0 Å². The molecule has 2 aliphatic heterocycles. The molecule has 0 aliphatic carbocycles. The van der Waals surface area contributed by atoms with Crippen LogP contribution in [0.3, 0.4) is 0 Å². The minimum absolute atomic E-state index is 0.283. The molecule has 114 valence electrons. The number of pyridine rings is 1. The first kappa shape index (κ1) is 14.3. The van der Waals surface area contributed by atoms with Crippen molar-refractivity contribution in [3.05, 3.63) is 24.4 Å². The minimum atomic E-state index is 0.283. The maximum Gasteiger partial charge on any atom is 0.223 e. The van der Waals surface area contributed by atoms with Crippen LogP contribution >= 0.6 is 0 Å². The highest BCUT2D eigenvalue weighted by atomic mass is 16.5. The first-order chi connectivity index (χ1) is 10.3. The van der Waals surface area contributed by atoms with Gasteiger partial charge >= 0.3 is 0 Å². The van der Waals surface area contributed by atoms with Crippen molar-refractivity contribution in [2.24, 2.45) is 5.92 Å². The molecule has 2 saturated heterocycles. The topological polar surface area (TPSA) is 45.7 Å². The molecule has 0 saturated carbocycles. The molecule has 1 aromatic rings. The first-order valence-corrected chi connectivity index (χ1v) is 7.84. The van der Waals surface area contributed by atoms with Crippen LogP contribution in [0.15, 0.2) is 24.4 Å². The lowest BCUT2D eigenvalue weighted by atomic mass is 9.98. The van der Waals surface area contributed by atoms with Crippen LogP contribution in [0.1, 0.15) is 19.3 Å². The van der Waals surface area contributed by atoms with Gasteiger partial charge in [-0.15, -0.1) is 0 Å². The van der Waals surface area contributed by atoms with Crippen LogP contribution in [0.2, 0.25) is 0 Å². The number of carbonyl (C=O) groups excluding carboxylic acids is 1. The third-order valence-electron chi connectivity index (χ3n) is 4.32. The second-order valence-electron chi connectivity index (χ2n) is 5.84. The van der Waals surface area contributed by atoms with Gasteiger partial charge in [0.2, 0.25) is 5.91 Å². The lowest BCUT2D eigenvalue weighted by Gasteiger charge is -2.36. The van der Waals surface area contributed by atoms with E-state index in [1.807, 2.05) is 29.3 Å². The van der Waals surface area contributed by atoms with Crippen molar-refractivity contribution < 1.29 is 9.53 Å². The second kappa shape index (κ2) is 6.89. The third kappa shape index (κ3) is 3.73. The number of carbonyl (C=O) groups is 1. The van der Waals surface area contributed by atoms with Gasteiger partial charge in [0.25, 0.3) is 0 Å². The quantitative estimate of drug-likeness (QED) is 0.847. The predicted octanol–water partition coefficient (Wildman–Crippen LogP) is 1.55. The zero-order chi connectivity index (χ0) is 14.5. The largest absolute Gasteiger partial charge is 0.381 e. The molecule has 5 heteroatoms. The fraction of sp³-hybridized carbons (Fsp3) is 0.625. The van der Waals surface area contributed by atoms with Gasteiger partial charge in [0.05, 0.1) is 0 Å². The molecular weight excluding hydrogens is 266 g/mol. The Morgan fingerprint density at radius 3 is 2.81 bits per heavy atom. The highest BCUT2D eigenvalue weighted by Gasteiger charge is 2.25. The summed E-state index contributed by atoms with van der Waals surface area (Å²) in [5.41, 5.74) is 0. The van der Waals surface area contributed by atoms with Crippen molar-refractivity contribution in [1.82, 2.24) is 9.88 Å². The standard InChI is InChI=1S/C16H23N3O2/c20-16(12-14-4-3-11-21-13-14)19-9-7-18(8-10-19)15-5-1-2-6-17-15/h1-2,5-6,14H,3-4,7-13H2/t14-/m0/s1. The van der Waals surface area contributed by atoms with Gasteiger partial charge in [0, 0.05) is 52.0 Å². The summed E-state index contributed by atoms with van der Waals surface area (Å²) in [7, 11) is 0. The van der Waals surface area contributed by atoms with E-state index < -0.39 is 0 Å². The normalized spacial score (nSPS) is 23.1. The van der Waals surface area contributed by atoms with Crippen LogP contribution in [0.4, 0.5) is 5.82 Å². The van der Waals surface area contributed by atoms with Gasteiger partial charge in [0.1, 0.15) is 5.82 Å². The number of aromatic nitrogens is 1. The van der Waals surface area contributed by atoms with Crippen LogP contribution in [-0.4, -0.2) is 55.2 Å². The van der Waals surface area contributed by atoms with Crippen LogP contribution in [0.25, 0.3) is 0 Å². The van der Waals surface area contributed by atoms with E-state index in [4.69, 9.17) is 4.74 Å². The molecule has 2 fully saturated rings. The number of nitrogens with zero attached hydrogens (tertiary/aromatic N) is 3. The number of anilines is 1. The Balaban J connectivity index is 1.47. The van der Waals surface area contributed by atoms with Crippen LogP contribution < -0.4 is 4.90 Å². The molecule has 3 heterocycles. The highest BCUT2D eigenvalue weighted by Crippen LogP contribution is 2.19.